The summed E-state index contributed by atoms with van der Waals surface area (Å²) in [6, 6.07) is 0. The van der Waals surface area contributed by atoms with Crippen molar-refractivity contribution in [2.24, 2.45) is 11.8 Å². The van der Waals surface area contributed by atoms with Crippen LogP contribution in [-0.4, -0.2) is 11.9 Å². The molecule has 0 heterocycles. The van der Waals surface area contributed by atoms with Crippen molar-refractivity contribution in [2.75, 3.05) is 0 Å². The molecule has 0 spiro atoms. The standard InChI is InChI=1S/C44H82O5/c1-5-9-13-15-17-19-21-23-25-27-29-31-33-35-39-41(37-11-7-3)43(45)47-49-48-44(46)42(38-12-8-4)40-36-34-32-30-28-26-24-22-20-18-16-14-10-6-2/h23-26,41-42H,5-22,27-40H2,1-4H3/b25-23-,26-24-. The molecule has 0 N–H and O–H groups in total. The molecule has 5 nitrogen and oxygen atoms in total. The van der Waals surface area contributed by atoms with Gasteiger partial charge >= 0.3 is 11.9 Å². The Bertz CT molecular complexity index is 698. The molecule has 2 atom stereocenters. The summed E-state index contributed by atoms with van der Waals surface area (Å²) in [7, 11) is 0. The van der Waals surface area contributed by atoms with Crippen LogP contribution in [0.2, 0.25) is 0 Å². The highest BCUT2D eigenvalue weighted by Crippen LogP contribution is 2.22. The fraction of sp³-hybridized carbons (Fsp3) is 0.864. The summed E-state index contributed by atoms with van der Waals surface area (Å²) < 4.78 is 0. The fourth-order valence-electron chi connectivity index (χ4n) is 6.45. The van der Waals surface area contributed by atoms with Crippen LogP contribution in [0.15, 0.2) is 24.3 Å². The van der Waals surface area contributed by atoms with Crippen LogP contribution in [-0.2, 0) is 24.4 Å². The summed E-state index contributed by atoms with van der Waals surface area (Å²) in [5.41, 5.74) is 0. The molecule has 0 bridgehead atoms. The third-order valence-corrected chi connectivity index (χ3v) is 9.84. The van der Waals surface area contributed by atoms with Crippen LogP contribution in [0.1, 0.15) is 233 Å². The van der Waals surface area contributed by atoms with Crippen molar-refractivity contribution in [3.05, 3.63) is 24.3 Å². The molecule has 49 heavy (non-hydrogen) atoms. The van der Waals surface area contributed by atoms with Crippen molar-refractivity contribution in [3.8, 4) is 0 Å². The van der Waals surface area contributed by atoms with E-state index in [1.165, 1.54) is 116 Å². The van der Waals surface area contributed by atoms with E-state index < -0.39 is 11.9 Å². The SMILES string of the molecule is CCCCCCCC/C=C\CCCCCCC(CCCC)C(=O)OOOC(=O)C(CCCC)CCCCCC/C=C\CCCCCCCC. The molecule has 0 amide bonds. The molecule has 0 saturated carbocycles. The minimum atomic E-state index is -0.412. The van der Waals surface area contributed by atoms with Gasteiger partial charge in [0.1, 0.15) is 0 Å². The quantitative estimate of drug-likeness (QED) is 0.0279. The lowest BCUT2D eigenvalue weighted by Crippen LogP contribution is -2.22. The molecular weight excluding hydrogens is 608 g/mol. The van der Waals surface area contributed by atoms with Gasteiger partial charge in [-0.3, -0.25) is 9.78 Å². The Balaban J connectivity index is 4.19. The van der Waals surface area contributed by atoms with Crippen LogP contribution >= 0.6 is 0 Å². The van der Waals surface area contributed by atoms with E-state index >= 15 is 0 Å². The van der Waals surface area contributed by atoms with Gasteiger partial charge < -0.3 is 0 Å². The lowest BCUT2D eigenvalue weighted by molar-refractivity contribution is -0.462. The maximum atomic E-state index is 12.8. The molecule has 0 rings (SSSR count). The van der Waals surface area contributed by atoms with E-state index in [1.807, 2.05) is 0 Å². The predicted octanol–water partition coefficient (Wildman–Crippen LogP) is 14.8. The normalized spacial score (nSPS) is 13.0. The Morgan fingerprint density at radius 2 is 0.633 bits per heavy atom. The van der Waals surface area contributed by atoms with E-state index in [9.17, 15) is 9.59 Å². The summed E-state index contributed by atoms with van der Waals surface area (Å²) in [5.74, 6) is -1.25. The number of carbonyl (C=O) groups is 2. The molecule has 0 saturated heterocycles. The van der Waals surface area contributed by atoms with Crippen molar-refractivity contribution < 1.29 is 24.4 Å². The number of hydrogen-bond acceptors (Lipinski definition) is 5. The number of allylic oxidation sites excluding steroid dienone is 4. The molecule has 0 radical (unpaired) electrons. The Labute approximate surface area is 305 Å². The molecule has 0 aliphatic carbocycles. The van der Waals surface area contributed by atoms with Crippen molar-refractivity contribution in [3.63, 3.8) is 0 Å². The highest BCUT2D eigenvalue weighted by atomic mass is 17.5. The second-order valence-corrected chi connectivity index (χ2v) is 14.6. The number of hydrogen-bond donors (Lipinski definition) is 0. The summed E-state index contributed by atoms with van der Waals surface area (Å²) in [6.45, 7) is 8.79. The zero-order chi connectivity index (χ0) is 35.9. The monoisotopic (exact) mass is 691 g/mol. The number of unbranched alkanes of at least 4 members (excludes halogenated alkanes) is 22. The van der Waals surface area contributed by atoms with Gasteiger partial charge in [0.05, 0.1) is 11.8 Å². The van der Waals surface area contributed by atoms with Crippen molar-refractivity contribution in [1.29, 1.82) is 0 Å². The largest absolute Gasteiger partial charge is 0.349 e. The van der Waals surface area contributed by atoms with Gasteiger partial charge in [-0.25, -0.2) is 9.59 Å². The number of rotatable bonds is 38. The first kappa shape index (κ1) is 47.4. The minimum absolute atomic E-state index is 0.211. The lowest BCUT2D eigenvalue weighted by Gasteiger charge is -2.16. The average Bonchev–Trinajstić information content (AvgIpc) is 3.10. The highest BCUT2D eigenvalue weighted by Gasteiger charge is 2.24. The first-order valence-electron chi connectivity index (χ1n) is 21.5. The minimum Gasteiger partial charge on any atom is -0.259 e. The lowest BCUT2D eigenvalue weighted by atomic mass is 9.95. The van der Waals surface area contributed by atoms with E-state index in [-0.39, 0.29) is 11.8 Å². The van der Waals surface area contributed by atoms with E-state index in [0.29, 0.717) is 0 Å². The Morgan fingerprint density at radius 3 is 0.959 bits per heavy atom. The molecule has 0 aromatic carbocycles. The van der Waals surface area contributed by atoms with Gasteiger partial charge in [0, 0.05) is 5.04 Å². The average molecular weight is 691 g/mol. The molecule has 5 heteroatoms. The summed E-state index contributed by atoms with van der Waals surface area (Å²) in [6.07, 6.45) is 46.5. The van der Waals surface area contributed by atoms with E-state index in [1.54, 1.807) is 0 Å². The van der Waals surface area contributed by atoms with Crippen molar-refractivity contribution in [2.45, 2.75) is 233 Å². The van der Waals surface area contributed by atoms with Crippen LogP contribution in [0.5, 0.6) is 0 Å². The van der Waals surface area contributed by atoms with Gasteiger partial charge in [-0.1, -0.05) is 180 Å². The van der Waals surface area contributed by atoms with Crippen LogP contribution in [0.3, 0.4) is 0 Å². The van der Waals surface area contributed by atoms with Gasteiger partial charge in [-0.2, -0.15) is 0 Å². The molecule has 0 aliphatic rings. The third-order valence-electron chi connectivity index (χ3n) is 9.84. The van der Waals surface area contributed by atoms with Crippen molar-refractivity contribution in [1.82, 2.24) is 0 Å². The topological polar surface area (TPSA) is 61.8 Å². The highest BCUT2D eigenvalue weighted by molar-refractivity contribution is 5.72. The summed E-state index contributed by atoms with van der Waals surface area (Å²) in [4.78, 5) is 35.7. The van der Waals surface area contributed by atoms with Crippen LogP contribution in [0, 0.1) is 11.8 Å². The summed E-state index contributed by atoms with van der Waals surface area (Å²) >= 11 is 0. The van der Waals surface area contributed by atoms with E-state index in [2.05, 4.69) is 52.0 Å². The third kappa shape index (κ3) is 33.3. The molecule has 0 aromatic heterocycles. The zero-order valence-electron chi connectivity index (χ0n) is 33.1. The second-order valence-electron chi connectivity index (χ2n) is 14.6. The van der Waals surface area contributed by atoms with Crippen LogP contribution in [0.25, 0.3) is 0 Å². The molecule has 0 fully saturated rings. The summed E-state index contributed by atoms with van der Waals surface area (Å²) in [5, 5.41) is 4.81. The Morgan fingerprint density at radius 1 is 0.367 bits per heavy atom. The van der Waals surface area contributed by atoms with Crippen LogP contribution in [0.4, 0.5) is 0 Å². The molecule has 0 aliphatic heterocycles. The predicted molar refractivity (Wildman–Crippen MR) is 209 cm³/mol. The van der Waals surface area contributed by atoms with E-state index in [4.69, 9.17) is 14.8 Å². The first-order chi connectivity index (χ1) is 24.1. The fourth-order valence-corrected chi connectivity index (χ4v) is 6.45. The second kappa shape index (κ2) is 39.2. The van der Waals surface area contributed by atoms with E-state index in [0.717, 1.165) is 89.9 Å². The van der Waals surface area contributed by atoms with Gasteiger partial charge in [-0.15, -0.1) is 0 Å². The smallest absolute Gasteiger partial charge is 0.259 e. The van der Waals surface area contributed by atoms with Gasteiger partial charge in [0.25, 0.3) is 0 Å². The Hall–Kier alpha value is -1.62. The molecule has 0 aromatic rings. The van der Waals surface area contributed by atoms with Crippen molar-refractivity contribution >= 4 is 11.9 Å². The molecule has 2 unspecified atom stereocenters. The maximum absolute atomic E-state index is 12.8. The first-order valence-corrected chi connectivity index (χ1v) is 21.5. The zero-order valence-corrected chi connectivity index (χ0v) is 33.1. The Kier molecular flexibility index (Phi) is 37.9. The molecular formula is C44H82O5. The molecule has 288 valence electrons. The number of carbonyl (C=O) groups excluding carboxylic acids is 2. The van der Waals surface area contributed by atoms with Gasteiger partial charge in [0.15, 0.2) is 0 Å². The van der Waals surface area contributed by atoms with Gasteiger partial charge in [0.2, 0.25) is 0 Å². The maximum Gasteiger partial charge on any atom is 0.349 e. The van der Waals surface area contributed by atoms with Crippen LogP contribution < -0.4 is 0 Å². The van der Waals surface area contributed by atoms with Gasteiger partial charge in [-0.05, 0) is 77.0 Å².